The summed E-state index contributed by atoms with van der Waals surface area (Å²) in [5.74, 6) is -1.94. The number of rotatable bonds is 14. The van der Waals surface area contributed by atoms with Crippen LogP contribution in [0.4, 0.5) is 5.69 Å². The van der Waals surface area contributed by atoms with Crippen molar-refractivity contribution in [1.82, 2.24) is 5.32 Å². The van der Waals surface area contributed by atoms with Crippen LogP contribution in [0.15, 0.2) is 75.9 Å². The Hall–Kier alpha value is -5.01. The number of carbonyl (C=O) groups excluding carboxylic acids is 1. The summed E-state index contributed by atoms with van der Waals surface area (Å²) in [7, 11) is 0. The molecule has 3 N–H and O–H groups in total. The van der Waals surface area contributed by atoms with Gasteiger partial charge in [0.2, 0.25) is 5.43 Å². The van der Waals surface area contributed by atoms with Gasteiger partial charge < -0.3 is 29.4 Å². The van der Waals surface area contributed by atoms with Crippen molar-refractivity contribution < 1.29 is 38.6 Å². The van der Waals surface area contributed by atoms with Gasteiger partial charge in [-0.2, -0.15) is 0 Å². The fraction of sp³-hybridized carbons (Fsp3) is 0.206. The second kappa shape index (κ2) is 15.3. The van der Waals surface area contributed by atoms with Crippen LogP contribution in [0.25, 0.3) is 33.4 Å². The lowest BCUT2D eigenvalue weighted by atomic mass is 9.89. The number of nitrogens with one attached hydrogen (secondary N) is 1. The van der Waals surface area contributed by atoms with Crippen molar-refractivity contribution in [2.45, 2.75) is 12.8 Å². The highest BCUT2D eigenvalue weighted by atomic mass is 35.5. The molecule has 0 atom stereocenters. The van der Waals surface area contributed by atoms with Crippen LogP contribution in [0.1, 0.15) is 32.7 Å². The number of nitro groups is 1. The van der Waals surface area contributed by atoms with E-state index in [-0.39, 0.29) is 68.2 Å². The van der Waals surface area contributed by atoms with Crippen LogP contribution in [0.3, 0.4) is 0 Å². The summed E-state index contributed by atoms with van der Waals surface area (Å²) in [6.45, 7) is 1.51. The van der Waals surface area contributed by atoms with E-state index in [1.165, 1.54) is 48.5 Å². The van der Waals surface area contributed by atoms with Crippen molar-refractivity contribution in [1.29, 1.82) is 0 Å². The molecule has 1 heterocycles. The molecule has 0 spiro atoms. The van der Waals surface area contributed by atoms with Crippen LogP contribution in [-0.2, 0) is 15.9 Å². The number of phenolic OH excluding ortho intramolecular Hbond substituents is 1. The predicted octanol–water partition coefficient (Wildman–Crippen LogP) is 6.58. The fourth-order valence-corrected chi connectivity index (χ4v) is 5.42. The molecule has 5 rings (SSSR count). The Balaban J connectivity index is 1.22. The zero-order chi connectivity index (χ0) is 34.4. The van der Waals surface area contributed by atoms with Crippen molar-refractivity contribution in [2.24, 2.45) is 0 Å². The first-order chi connectivity index (χ1) is 23.0. The van der Waals surface area contributed by atoms with Crippen LogP contribution in [0, 0.1) is 10.1 Å². The number of aromatic hydroxyl groups is 1. The maximum Gasteiger partial charge on any atom is 0.336 e. The summed E-state index contributed by atoms with van der Waals surface area (Å²) in [5, 5.41) is 33.9. The molecule has 14 heteroatoms. The highest BCUT2D eigenvalue weighted by molar-refractivity contribution is 6.33. The Morgan fingerprint density at radius 3 is 2.33 bits per heavy atom. The number of benzene rings is 4. The third kappa shape index (κ3) is 7.92. The number of halogens is 2. The zero-order valence-electron chi connectivity index (χ0n) is 25.2. The third-order valence-corrected chi connectivity index (χ3v) is 8.03. The molecule has 248 valence electrons. The summed E-state index contributed by atoms with van der Waals surface area (Å²) in [6, 6.07) is 15.7. The number of aryl methyl sites for hydroxylation is 1. The van der Waals surface area contributed by atoms with Gasteiger partial charge in [-0.15, -0.1) is 0 Å². The minimum atomic E-state index is -1.27. The lowest BCUT2D eigenvalue weighted by molar-refractivity contribution is -0.384. The SMILES string of the molecule is O=C(NCCOCCOCCCc1ccc([N+](=O)[O-])cc1)c1ccc(C(=O)O)c(-c2c3cc(Cl)c(=O)cc-3oc3cc(O)c(Cl)cc23)c1. The van der Waals surface area contributed by atoms with Crippen LogP contribution >= 0.6 is 23.2 Å². The van der Waals surface area contributed by atoms with Gasteiger partial charge in [0.1, 0.15) is 17.1 Å². The molecule has 0 fully saturated rings. The monoisotopic (exact) mass is 694 g/mol. The van der Waals surface area contributed by atoms with Gasteiger partial charge in [-0.3, -0.25) is 19.7 Å². The van der Waals surface area contributed by atoms with Crippen LogP contribution in [-0.4, -0.2) is 60.0 Å². The third-order valence-electron chi connectivity index (χ3n) is 7.43. The molecule has 1 amide bonds. The topological polar surface area (TPSA) is 178 Å². The molecule has 0 unspecified atom stereocenters. The van der Waals surface area contributed by atoms with Gasteiger partial charge in [-0.05, 0) is 54.3 Å². The summed E-state index contributed by atoms with van der Waals surface area (Å²) in [5.41, 5.74) is 1.39. The lowest BCUT2D eigenvalue weighted by Gasteiger charge is -2.18. The molecule has 2 aliphatic rings. The van der Waals surface area contributed by atoms with E-state index in [9.17, 15) is 34.7 Å². The normalized spacial score (nSPS) is 11.2. The number of fused-ring (bicyclic) bond motifs is 2. The first-order valence-electron chi connectivity index (χ1n) is 14.7. The van der Waals surface area contributed by atoms with Gasteiger partial charge in [0.05, 0.1) is 40.4 Å². The lowest BCUT2D eigenvalue weighted by Crippen LogP contribution is -2.27. The Kier molecular flexibility index (Phi) is 10.9. The second-order valence-corrected chi connectivity index (χ2v) is 11.4. The number of hydrogen-bond acceptors (Lipinski definition) is 9. The quantitative estimate of drug-likeness (QED) is 0.0497. The first-order valence-corrected chi connectivity index (χ1v) is 15.4. The average Bonchev–Trinajstić information content (AvgIpc) is 3.06. The zero-order valence-corrected chi connectivity index (χ0v) is 26.7. The average molecular weight is 696 g/mol. The van der Waals surface area contributed by atoms with E-state index < -0.39 is 22.2 Å². The molecule has 0 saturated carbocycles. The van der Waals surface area contributed by atoms with E-state index in [0.29, 0.717) is 30.8 Å². The highest BCUT2D eigenvalue weighted by Gasteiger charge is 2.25. The maximum absolute atomic E-state index is 13.1. The molecule has 0 radical (unpaired) electrons. The molecule has 1 aliphatic heterocycles. The number of carboxylic acids is 1. The molecular formula is C34H28Cl2N2O10. The molecule has 0 bridgehead atoms. The largest absolute Gasteiger partial charge is 0.506 e. The molecule has 12 nitrogen and oxygen atoms in total. The van der Waals surface area contributed by atoms with E-state index in [1.807, 2.05) is 0 Å². The summed E-state index contributed by atoms with van der Waals surface area (Å²) in [4.78, 5) is 48.1. The number of carboxylic acid groups (broad SMARTS) is 1. The Labute approximate surface area is 282 Å². The number of nitro benzene ring substituents is 1. The highest BCUT2D eigenvalue weighted by Crippen LogP contribution is 2.44. The Morgan fingerprint density at radius 1 is 0.896 bits per heavy atom. The number of aromatic carboxylic acids is 1. The number of nitrogens with zero attached hydrogens (tertiary/aromatic N) is 1. The van der Waals surface area contributed by atoms with Gasteiger partial charge in [0, 0.05) is 59.5 Å². The van der Waals surface area contributed by atoms with Crippen LogP contribution < -0.4 is 10.7 Å². The molecule has 3 aromatic rings. The molecule has 1 aliphatic carbocycles. The molecule has 0 saturated heterocycles. The van der Waals surface area contributed by atoms with Gasteiger partial charge in [-0.25, -0.2) is 4.79 Å². The molecule has 48 heavy (non-hydrogen) atoms. The van der Waals surface area contributed by atoms with Gasteiger partial charge in [-0.1, -0.05) is 35.3 Å². The van der Waals surface area contributed by atoms with Crippen molar-refractivity contribution in [3.63, 3.8) is 0 Å². The van der Waals surface area contributed by atoms with Gasteiger partial charge in [0.15, 0.2) is 0 Å². The number of non-ortho nitro benzene ring substituents is 1. The Bertz CT molecular complexity index is 2030. The van der Waals surface area contributed by atoms with Gasteiger partial charge in [0.25, 0.3) is 11.6 Å². The predicted molar refractivity (Wildman–Crippen MR) is 179 cm³/mol. The van der Waals surface area contributed by atoms with Crippen molar-refractivity contribution in [3.05, 3.63) is 114 Å². The molecule has 3 aromatic carbocycles. The second-order valence-electron chi connectivity index (χ2n) is 10.6. The number of ether oxygens (including phenoxy) is 2. The molecule has 0 aromatic heterocycles. The van der Waals surface area contributed by atoms with Crippen molar-refractivity contribution in [2.75, 3.05) is 33.0 Å². The maximum atomic E-state index is 13.1. The fourth-order valence-electron chi connectivity index (χ4n) is 5.09. The van der Waals surface area contributed by atoms with E-state index in [0.717, 1.165) is 24.5 Å². The summed E-state index contributed by atoms with van der Waals surface area (Å²) < 4.78 is 17.0. The smallest absolute Gasteiger partial charge is 0.336 e. The first kappa shape index (κ1) is 34.3. The van der Waals surface area contributed by atoms with E-state index >= 15 is 0 Å². The number of amides is 1. The molecular weight excluding hydrogens is 667 g/mol. The van der Waals surface area contributed by atoms with Crippen molar-refractivity contribution >= 4 is 51.7 Å². The number of phenols is 1. The minimum absolute atomic E-state index is 0.0248. The van der Waals surface area contributed by atoms with E-state index in [2.05, 4.69) is 5.32 Å². The minimum Gasteiger partial charge on any atom is -0.506 e. The summed E-state index contributed by atoms with van der Waals surface area (Å²) in [6.07, 6.45) is 1.46. The van der Waals surface area contributed by atoms with Crippen LogP contribution in [0.2, 0.25) is 10.0 Å². The van der Waals surface area contributed by atoms with Gasteiger partial charge >= 0.3 is 5.97 Å². The number of hydrogen-bond donors (Lipinski definition) is 3. The standard InChI is InChI=1S/C34H28Cl2N2O10/c35-26-15-24-30(17-28(26)39)48-31-18-29(40)27(36)16-25(31)32(24)23-14-20(5-8-22(23)34(42)43)33(41)37-9-11-47-13-12-46-10-1-2-19-3-6-21(7-4-19)38(44)45/h3-8,14-18,39H,1-2,9-13H2,(H,37,41)(H,42,43). The van der Waals surface area contributed by atoms with E-state index in [4.69, 9.17) is 37.1 Å². The summed E-state index contributed by atoms with van der Waals surface area (Å²) >= 11 is 12.4. The number of carbonyl (C=O) groups is 2. The Morgan fingerprint density at radius 2 is 1.62 bits per heavy atom. The van der Waals surface area contributed by atoms with E-state index in [1.54, 1.807) is 12.1 Å². The van der Waals surface area contributed by atoms with Crippen molar-refractivity contribution in [3.8, 4) is 28.2 Å². The van der Waals surface area contributed by atoms with Crippen LogP contribution in [0.5, 0.6) is 5.75 Å².